The molecule has 1 heteroatoms. The van der Waals surface area contributed by atoms with Gasteiger partial charge in [-0.3, -0.25) is 4.90 Å². The van der Waals surface area contributed by atoms with Crippen LogP contribution in [0.4, 0.5) is 0 Å². The summed E-state index contributed by atoms with van der Waals surface area (Å²) in [7, 11) is 0. The van der Waals surface area contributed by atoms with Gasteiger partial charge < -0.3 is 0 Å². The molecule has 0 saturated heterocycles. The molecular weight excluding hydrogens is 170 g/mol. The minimum Gasteiger partial charge on any atom is -0.296 e. The summed E-state index contributed by atoms with van der Waals surface area (Å²) in [4.78, 5) is 2.60. The second-order valence-electron chi connectivity index (χ2n) is 5.52. The minimum atomic E-state index is 0.320. The van der Waals surface area contributed by atoms with Crippen LogP contribution in [0.2, 0.25) is 0 Å². The number of unbranched alkanes of at least 4 members (excludes halogenated alkanes) is 3. The molecule has 0 amide bonds. The Balaban J connectivity index is 3.87. The van der Waals surface area contributed by atoms with E-state index in [0.29, 0.717) is 11.6 Å². The van der Waals surface area contributed by atoms with E-state index in [1.807, 2.05) is 0 Å². The van der Waals surface area contributed by atoms with Crippen molar-refractivity contribution in [3.63, 3.8) is 0 Å². The van der Waals surface area contributed by atoms with Crippen molar-refractivity contribution in [2.45, 2.75) is 78.8 Å². The Morgan fingerprint density at radius 3 is 1.93 bits per heavy atom. The fourth-order valence-electron chi connectivity index (χ4n) is 2.08. The van der Waals surface area contributed by atoms with Crippen molar-refractivity contribution in [2.75, 3.05) is 6.54 Å². The molecule has 0 N–H and O–H groups in total. The van der Waals surface area contributed by atoms with Crippen molar-refractivity contribution in [3.05, 3.63) is 0 Å². The van der Waals surface area contributed by atoms with Crippen LogP contribution in [0, 0.1) is 0 Å². The molecule has 0 unspecified atom stereocenters. The zero-order valence-electron chi connectivity index (χ0n) is 11.1. The lowest BCUT2D eigenvalue weighted by molar-refractivity contribution is 0.0966. The van der Waals surface area contributed by atoms with Crippen LogP contribution in [0.15, 0.2) is 0 Å². The molecule has 0 rings (SSSR count). The van der Waals surface area contributed by atoms with Gasteiger partial charge in [0, 0.05) is 11.6 Å². The molecule has 0 bridgehead atoms. The Hall–Kier alpha value is -0.0400. The lowest BCUT2D eigenvalue weighted by atomic mass is 10.0. The lowest BCUT2D eigenvalue weighted by Crippen LogP contribution is -2.46. The van der Waals surface area contributed by atoms with Crippen molar-refractivity contribution in [1.82, 2.24) is 4.90 Å². The van der Waals surface area contributed by atoms with E-state index in [1.54, 1.807) is 0 Å². The standard InChI is InChI=1S/C13H29N/c1-7-8-9-10-11-14(12(2)3)13(4,5)6/h12H,7-11H2,1-6H3. The summed E-state index contributed by atoms with van der Waals surface area (Å²) >= 11 is 0. The summed E-state index contributed by atoms with van der Waals surface area (Å²) in [6.45, 7) is 15.0. The van der Waals surface area contributed by atoms with E-state index in [9.17, 15) is 0 Å². The fourth-order valence-corrected chi connectivity index (χ4v) is 2.08. The molecule has 0 spiro atoms. The smallest absolute Gasteiger partial charge is 0.0127 e. The maximum absolute atomic E-state index is 2.60. The number of hydrogen-bond acceptors (Lipinski definition) is 1. The van der Waals surface area contributed by atoms with Gasteiger partial charge in [0.15, 0.2) is 0 Å². The summed E-state index contributed by atoms with van der Waals surface area (Å²) < 4.78 is 0. The summed E-state index contributed by atoms with van der Waals surface area (Å²) in [5.41, 5.74) is 0.320. The van der Waals surface area contributed by atoms with Gasteiger partial charge in [0.25, 0.3) is 0 Å². The highest BCUT2D eigenvalue weighted by Crippen LogP contribution is 2.17. The SMILES string of the molecule is CCCCCCN(C(C)C)C(C)(C)C. The van der Waals surface area contributed by atoms with Gasteiger partial charge in [0.05, 0.1) is 0 Å². The maximum atomic E-state index is 2.60. The van der Waals surface area contributed by atoms with E-state index in [1.165, 1.54) is 32.2 Å². The average Bonchev–Trinajstić information content (AvgIpc) is 2.01. The van der Waals surface area contributed by atoms with Crippen molar-refractivity contribution in [2.24, 2.45) is 0 Å². The third-order valence-electron chi connectivity index (χ3n) is 2.74. The van der Waals surface area contributed by atoms with E-state index in [0.717, 1.165) is 0 Å². The van der Waals surface area contributed by atoms with E-state index < -0.39 is 0 Å². The van der Waals surface area contributed by atoms with E-state index in [4.69, 9.17) is 0 Å². The lowest BCUT2D eigenvalue weighted by Gasteiger charge is -2.39. The average molecular weight is 199 g/mol. The number of nitrogens with zero attached hydrogens (tertiary/aromatic N) is 1. The van der Waals surface area contributed by atoms with Crippen LogP contribution in [0.3, 0.4) is 0 Å². The molecule has 0 aliphatic carbocycles. The van der Waals surface area contributed by atoms with Crippen LogP contribution in [0.5, 0.6) is 0 Å². The number of hydrogen-bond donors (Lipinski definition) is 0. The highest BCUT2D eigenvalue weighted by Gasteiger charge is 2.22. The van der Waals surface area contributed by atoms with Gasteiger partial charge in [-0.05, 0) is 47.6 Å². The molecule has 1 nitrogen and oxygen atoms in total. The molecule has 0 aromatic heterocycles. The summed E-state index contributed by atoms with van der Waals surface area (Å²) in [5.74, 6) is 0. The molecule has 0 aromatic rings. The second kappa shape index (κ2) is 6.44. The first-order valence-electron chi connectivity index (χ1n) is 6.16. The Kier molecular flexibility index (Phi) is 6.43. The van der Waals surface area contributed by atoms with Gasteiger partial charge >= 0.3 is 0 Å². The molecule has 0 aromatic carbocycles. The van der Waals surface area contributed by atoms with E-state index in [2.05, 4.69) is 46.4 Å². The Morgan fingerprint density at radius 1 is 1.00 bits per heavy atom. The first-order valence-corrected chi connectivity index (χ1v) is 6.16. The van der Waals surface area contributed by atoms with Crippen LogP contribution in [-0.4, -0.2) is 23.0 Å². The molecule has 0 atom stereocenters. The molecule has 86 valence electrons. The van der Waals surface area contributed by atoms with Crippen LogP contribution in [-0.2, 0) is 0 Å². The van der Waals surface area contributed by atoms with E-state index >= 15 is 0 Å². The molecule has 14 heavy (non-hydrogen) atoms. The Bertz CT molecular complexity index is 133. The highest BCUT2D eigenvalue weighted by atomic mass is 15.2. The van der Waals surface area contributed by atoms with Crippen LogP contribution >= 0.6 is 0 Å². The molecular formula is C13H29N. The van der Waals surface area contributed by atoms with Crippen molar-refractivity contribution >= 4 is 0 Å². The zero-order chi connectivity index (χ0) is 11.2. The largest absolute Gasteiger partial charge is 0.296 e. The topological polar surface area (TPSA) is 3.24 Å². The van der Waals surface area contributed by atoms with Crippen molar-refractivity contribution in [1.29, 1.82) is 0 Å². The van der Waals surface area contributed by atoms with Gasteiger partial charge in [-0.25, -0.2) is 0 Å². The van der Waals surface area contributed by atoms with Crippen LogP contribution in [0.25, 0.3) is 0 Å². The first-order chi connectivity index (χ1) is 6.39. The quantitative estimate of drug-likeness (QED) is 0.583. The maximum Gasteiger partial charge on any atom is 0.0127 e. The summed E-state index contributed by atoms with van der Waals surface area (Å²) in [6, 6.07) is 0.664. The second-order valence-corrected chi connectivity index (χ2v) is 5.52. The number of rotatable bonds is 6. The van der Waals surface area contributed by atoms with Gasteiger partial charge in [0.2, 0.25) is 0 Å². The minimum absolute atomic E-state index is 0.320. The summed E-state index contributed by atoms with van der Waals surface area (Å²) in [6.07, 6.45) is 5.45. The monoisotopic (exact) mass is 199 g/mol. The predicted molar refractivity (Wildman–Crippen MR) is 65.7 cm³/mol. The van der Waals surface area contributed by atoms with Gasteiger partial charge in [-0.15, -0.1) is 0 Å². The third-order valence-corrected chi connectivity index (χ3v) is 2.74. The van der Waals surface area contributed by atoms with Crippen molar-refractivity contribution < 1.29 is 0 Å². The molecule has 0 saturated carbocycles. The fraction of sp³-hybridized carbons (Fsp3) is 1.00. The first kappa shape index (κ1) is 14.0. The molecule has 0 radical (unpaired) electrons. The van der Waals surface area contributed by atoms with Gasteiger partial charge in [0.1, 0.15) is 0 Å². The van der Waals surface area contributed by atoms with Gasteiger partial charge in [-0.1, -0.05) is 26.2 Å². The molecule has 0 heterocycles. The molecule has 0 aliphatic heterocycles. The van der Waals surface area contributed by atoms with Crippen LogP contribution in [0.1, 0.15) is 67.2 Å². The van der Waals surface area contributed by atoms with Crippen LogP contribution < -0.4 is 0 Å². The molecule has 0 fully saturated rings. The predicted octanol–water partition coefficient (Wildman–Crippen LogP) is 4.08. The molecule has 0 aliphatic rings. The highest BCUT2D eigenvalue weighted by molar-refractivity contribution is 4.78. The summed E-state index contributed by atoms with van der Waals surface area (Å²) in [5, 5.41) is 0. The van der Waals surface area contributed by atoms with E-state index in [-0.39, 0.29) is 0 Å². The van der Waals surface area contributed by atoms with Gasteiger partial charge in [-0.2, -0.15) is 0 Å². The Morgan fingerprint density at radius 2 is 1.57 bits per heavy atom. The Labute approximate surface area is 90.9 Å². The van der Waals surface area contributed by atoms with Crippen molar-refractivity contribution in [3.8, 4) is 0 Å². The third kappa shape index (κ3) is 5.64. The normalized spacial score (nSPS) is 12.9. The zero-order valence-corrected chi connectivity index (χ0v) is 11.1.